The molecule has 0 aromatic heterocycles. The SMILES string of the molecule is CCOc1cc2c(cc1OCC)C(C(CO)CO)=NCC2. The number of hydrogen-bond acceptors (Lipinski definition) is 5. The van der Waals surface area contributed by atoms with E-state index in [0.717, 1.165) is 29.0 Å². The second-order valence-corrected chi connectivity index (χ2v) is 4.90. The normalized spacial score (nSPS) is 13.9. The van der Waals surface area contributed by atoms with E-state index in [0.29, 0.717) is 25.5 Å². The summed E-state index contributed by atoms with van der Waals surface area (Å²) in [5.74, 6) is 1.07. The number of aliphatic hydroxyl groups is 2. The monoisotopic (exact) mass is 293 g/mol. The summed E-state index contributed by atoms with van der Waals surface area (Å²) in [5.41, 5.74) is 2.82. The zero-order valence-electron chi connectivity index (χ0n) is 12.6. The lowest BCUT2D eigenvalue weighted by Gasteiger charge is -2.24. The summed E-state index contributed by atoms with van der Waals surface area (Å²) in [7, 11) is 0. The second kappa shape index (κ2) is 7.43. The van der Waals surface area contributed by atoms with Gasteiger partial charge in [0.25, 0.3) is 0 Å². The molecule has 2 rings (SSSR count). The summed E-state index contributed by atoms with van der Waals surface area (Å²) in [6, 6.07) is 3.91. The lowest BCUT2D eigenvalue weighted by Crippen LogP contribution is -2.27. The van der Waals surface area contributed by atoms with Crippen molar-refractivity contribution in [1.29, 1.82) is 0 Å². The fourth-order valence-corrected chi connectivity index (χ4v) is 2.55. The number of aliphatic hydroxyl groups excluding tert-OH is 2. The van der Waals surface area contributed by atoms with Crippen molar-refractivity contribution in [2.75, 3.05) is 33.0 Å². The number of rotatable bonds is 7. The van der Waals surface area contributed by atoms with E-state index in [-0.39, 0.29) is 19.1 Å². The van der Waals surface area contributed by atoms with E-state index < -0.39 is 0 Å². The Labute approximate surface area is 125 Å². The third-order valence-electron chi connectivity index (χ3n) is 3.54. The van der Waals surface area contributed by atoms with Crippen LogP contribution in [0.5, 0.6) is 11.5 Å². The molecule has 5 nitrogen and oxygen atoms in total. The third-order valence-corrected chi connectivity index (χ3v) is 3.54. The molecule has 0 amide bonds. The van der Waals surface area contributed by atoms with E-state index in [1.807, 2.05) is 26.0 Å². The summed E-state index contributed by atoms with van der Waals surface area (Å²) >= 11 is 0. The van der Waals surface area contributed by atoms with Gasteiger partial charge in [0, 0.05) is 18.0 Å². The van der Waals surface area contributed by atoms with E-state index in [9.17, 15) is 10.2 Å². The molecule has 2 N–H and O–H groups in total. The molecule has 0 aliphatic carbocycles. The Hall–Kier alpha value is -1.59. The first-order chi connectivity index (χ1) is 10.2. The van der Waals surface area contributed by atoms with Crippen molar-refractivity contribution >= 4 is 5.71 Å². The van der Waals surface area contributed by atoms with E-state index in [2.05, 4.69) is 4.99 Å². The molecule has 0 radical (unpaired) electrons. The van der Waals surface area contributed by atoms with Gasteiger partial charge in [0.2, 0.25) is 0 Å². The number of nitrogens with zero attached hydrogens (tertiary/aromatic N) is 1. The Balaban J connectivity index is 2.45. The highest BCUT2D eigenvalue weighted by atomic mass is 16.5. The van der Waals surface area contributed by atoms with Crippen molar-refractivity contribution in [2.24, 2.45) is 10.9 Å². The largest absolute Gasteiger partial charge is 0.490 e. The third kappa shape index (κ3) is 3.36. The molecule has 0 spiro atoms. The van der Waals surface area contributed by atoms with Crippen LogP contribution in [-0.4, -0.2) is 48.9 Å². The van der Waals surface area contributed by atoms with E-state index in [4.69, 9.17) is 9.47 Å². The lowest BCUT2D eigenvalue weighted by molar-refractivity contribution is 0.187. The summed E-state index contributed by atoms with van der Waals surface area (Å²) in [4.78, 5) is 4.49. The van der Waals surface area contributed by atoms with E-state index in [1.54, 1.807) is 0 Å². The fourth-order valence-electron chi connectivity index (χ4n) is 2.55. The molecule has 1 aliphatic heterocycles. The van der Waals surface area contributed by atoms with Crippen molar-refractivity contribution in [1.82, 2.24) is 0 Å². The smallest absolute Gasteiger partial charge is 0.161 e. The minimum atomic E-state index is -0.350. The lowest BCUT2D eigenvalue weighted by atomic mass is 9.90. The van der Waals surface area contributed by atoms with Gasteiger partial charge in [-0.3, -0.25) is 4.99 Å². The minimum Gasteiger partial charge on any atom is -0.490 e. The van der Waals surface area contributed by atoms with Crippen LogP contribution >= 0.6 is 0 Å². The van der Waals surface area contributed by atoms with Crippen molar-refractivity contribution < 1.29 is 19.7 Å². The number of fused-ring (bicyclic) bond motifs is 1. The highest BCUT2D eigenvalue weighted by molar-refractivity contribution is 6.04. The maximum absolute atomic E-state index is 9.42. The summed E-state index contributed by atoms with van der Waals surface area (Å²) < 4.78 is 11.3. The number of ether oxygens (including phenoxy) is 2. The molecule has 1 aromatic carbocycles. The van der Waals surface area contributed by atoms with Gasteiger partial charge < -0.3 is 19.7 Å². The Kier molecular flexibility index (Phi) is 5.59. The van der Waals surface area contributed by atoms with Crippen LogP contribution < -0.4 is 9.47 Å². The van der Waals surface area contributed by atoms with Gasteiger partial charge in [-0.15, -0.1) is 0 Å². The molecule has 1 heterocycles. The van der Waals surface area contributed by atoms with Crippen LogP contribution in [0.1, 0.15) is 25.0 Å². The first kappa shape index (κ1) is 15.8. The van der Waals surface area contributed by atoms with Crippen LogP contribution in [0.4, 0.5) is 0 Å². The molecule has 0 fully saturated rings. The summed E-state index contributed by atoms with van der Waals surface area (Å²) in [5, 5.41) is 18.8. The first-order valence-corrected chi connectivity index (χ1v) is 7.44. The standard InChI is InChI=1S/C16H23NO4/c1-3-20-14-7-11-5-6-17-16(12(9-18)10-19)13(11)8-15(14)21-4-2/h7-8,12,18-19H,3-6,9-10H2,1-2H3. The van der Waals surface area contributed by atoms with Crippen LogP contribution in [0, 0.1) is 5.92 Å². The number of benzene rings is 1. The van der Waals surface area contributed by atoms with Crippen molar-refractivity contribution in [3.63, 3.8) is 0 Å². The molecular weight excluding hydrogens is 270 g/mol. The van der Waals surface area contributed by atoms with Crippen molar-refractivity contribution in [3.8, 4) is 11.5 Å². The number of aliphatic imine (C=N–C) groups is 1. The minimum absolute atomic E-state index is 0.119. The molecule has 1 aliphatic rings. The average molecular weight is 293 g/mol. The Morgan fingerprint density at radius 1 is 1.10 bits per heavy atom. The number of hydrogen-bond donors (Lipinski definition) is 2. The van der Waals surface area contributed by atoms with Gasteiger partial charge in [0.05, 0.1) is 32.1 Å². The zero-order valence-corrected chi connectivity index (χ0v) is 12.6. The second-order valence-electron chi connectivity index (χ2n) is 4.90. The Morgan fingerprint density at radius 2 is 1.71 bits per heavy atom. The van der Waals surface area contributed by atoms with Crippen LogP contribution in [0.25, 0.3) is 0 Å². The molecule has 116 valence electrons. The molecule has 0 bridgehead atoms. The van der Waals surface area contributed by atoms with Crippen LogP contribution in [-0.2, 0) is 6.42 Å². The quantitative estimate of drug-likeness (QED) is 0.798. The van der Waals surface area contributed by atoms with Crippen LogP contribution in [0.15, 0.2) is 17.1 Å². The Bertz CT molecular complexity index is 509. The van der Waals surface area contributed by atoms with Gasteiger partial charge in [-0.2, -0.15) is 0 Å². The highest BCUT2D eigenvalue weighted by Gasteiger charge is 2.24. The molecule has 21 heavy (non-hydrogen) atoms. The topological polar surface area (TPSA) is 71.3 Å². The van der Waals surface area contributed by atoms with E-state index in [1.165, 1.54) is 0 Å². The van der Waals surface area contributed by atoms with Crippen LogP contribution in [0.3, 0.4) is 0 Å². The summed E-state index contributed by atoms with van der Waals surface area (Å²) in [6.07, 6.45) is 0.828. The van der Waals surface area contributed by atoms with E-state index >= 15 is 0 Å². The van der Waals surface area contributed by atoms with Gasteiger partial charge >= 0.3 is 0 Å². The fraction of sp³-hybridized carbons (Fsp3) is 0.562. The maximum atomic E-state index is 9.42. The maximum Gasteiger partial charge on any atom is 0.161 e. The summed E-state index contributed by atoms with van der Waals surface area (Å²) in [6.45, 7) is 5.42. The molecule has 5 heteroatoms. The zero-order chi connectivity index (χ0) is 15.2. The van der Waals surface area contributed by atoms with Crippen molar-refractivity contribution in [2.45, 2.75) is 20.3 Å². The average Bonchev–Trinajstić information content (AvgIpc) is 2.50. The molecule has 1 aromatic rings. The molecule has 0 saturated heterocycles. The molecular formula is C16H23NO4. The predicted octanol–water partition coefficient (Wildman–Crippen LogP) is 1.43. The van der Waals surface area contributed by atoms with Gasteiger partial charge in [-0.05, 0) is 38.0 Å². The molecule has 0 atom stereocenters. The van der Waals surface area contributed by atoms with Gasteiger partial charge in [-0.25, -0.2) is 0 Å². The molecule has 0 saturated carbocycles. The van der Waals surface area contributed by atoms with Gasteiger partial charge in [0.1, 0.15) is 0 Å². The first-order valence-electron chi connectivity index (χ1n) is 7.44. The van der Waals surface area contributed by atoms with Crippen LogP contribution in [0.2, 0.25) is 0 Å². The van der Waals surface area contributed by atoms with Gasteiger partial charge in [0.15, 0.2) is 11.5 Å². The highest BCUT2D eigenvalue weighted by Crippen LogP contribution is 2.34. The Morgan fingerprint density at radius 3 is 2.29 bits per heavy atom. The van der Waals surface area contributed by atoms with Gasteiger partial charge in [-0.1, -0.05) is 0 Å². The van der Waals surface area contributed by atoms with Crippen molar-refractivity contribution in [3.05, 3.63) is 23.3 Å². The predicted molar refractivity (Wildman–Crippen MR) is 81.5 cm³/mol. The molecule has 0 unspecified atom stereocenters.